The van der Waals surface area contributed by atoms with Crippen LogP contribution in [0.1, 0.15) is 33.9 Å². The van der Waals surface area contributed by atoms with Crippen molar-refractivity contribution in [2.75, 3.05) is 11.9 Å². The summed E-state index contributed by atoms with van der Waals surface area (Å²) in [6.45, 7) is 0.329. The molecule has 0 bridgehead atoms. The molecular formula is C23H18FN3O3. The summed E-state index contributed by atoms with van der Waals surface area (Å²) in [5.74, 6) is -0.918. The smallest absolute Gasteiger partial charge is 0.254 e. The Hall–Kier alpha value is -3.74. The van der Waals surface area contributed by atoms with Crippen molar-refractivity contribution >= 4 is 17.5 Å². The molecule has 0 radical (unpaired) electrons. The van der Waals surface area contributed by atoms with E-state index >= 15 is 0 Å². The van der Waals surface area contributed by atoms with Gasteiger partial charge in [0.2, 0.25) is 11.5 Å². The standard InChI is InChI=1S/C23H18FN3O3/c24-16-7-5-14(6-8-16)20-23(17-3-1-2-4-18(17)26-22(23)30)10-12-27(20)21(29)15-9-11-25-19(28)13-15/h1-9,11,13,20H,10,12H2,(H,25,28)(H,26,30)/t20-,23+/m0/s1. The highest BCUT2D eigenvalue weighted by atomic mass is 19.1. The van der Waals surface area contributed by atoms with Crippen LogP contribution in [0.5, 0.6) is 0 Å². The van der Waals surface area contributed by atoms with Crippen LogP contribution in [0.2, 0.25) is 0 Å². The van der Waals surface area contributed by atoms with Gasteiger partial charge in [0.15, 0.2) is 0 Å². The fourth-order valence-corrected chi connectivity index (χ4v) is 4.76. The Balaban J connectivity index is 1.68. The molecule has 2 N–H and O–H groups in total. The fourth-order valence-electron chi connectivity index (χ4n) is 4.76. The molecule has 2 amide bonds. The van der Waals surface area contributed by atoms with Gasteiger partial charge in [-0.25, -0.2) is 4.39 Å². The number of likely N-dealkylation sites (tertiary alicyclic amines) is 1. The van der Waals surface area contributed by atoms with Crippen LogP contribution in [0.3, 0.4) is 0 Å². The third-order valence-electron chi connectivity index (χ3n) is 6.06. The number of carbonyl (C=O) groups excluding carboxylic acids is 2. The number of aromatic amines is 1. The lowest BCUT2D eigenvalue weighted by molar-refractivity contribution is -0.121. The maximum atomic E-state index is 13.6. The third kappa shape index (κ3) is 2.58. The predicted octanol–water partition coefficient (Wildman–Crippen LogP) is 2.99. The summed E-state index contributed by atoms with van der Waals surface area (Å²) < 4.78 is 13.6. The minimum absolute atomic E-state index is 0.181. The number of amides is 2. The van der Waals surface area contributed by atoms with E-state index in [9.17, 15) is 18.8 Å². The van der Waals surface area contributed by atoms with Crippen molar-refractivity contribution in [3.8, 4) is 0 Å². The number of rotatable bonds is 2. The highest BCUT2D eigenvalue weighted by molar-refractivity contribution is 6.08. The van der Waals surface area contributed by atoms with E-state index in [0.29, 0.717) is 18.5 Å². The molecule has 1 spiro atoms. The molecule has 3 aromatic rings. The van der Waals surface area contributed by atoms with E-state index in [-0.39, 0.29) is 22.9 Å². The van der Waals surface area contributed by atoms with Crippen LogP contribution >= 0.6 is 0 Å². The molecule has 30 heavy (non-hydrogen) atoms. The van der Waals surface area contributed by atoms with E-state index < -0.39 is 17.3 Å². The van der Waals surface area contributed by atoms with Crippen LogP contribution in [0.4, 0.5) is 10.1 Å². The number of aromatic nitrogens is 1. The fraction of sp³-hybridized carbons (Fsp3) is 0.174. The predicted molar refractivity (Wildman–Crippen MR) is 109 cm³/mol. The second-order valence-corrected chi connectivity index (χ2v) is 7.62. The first-order valence-corrected chi connectivity index (χ1v) is 9.67. The van der Waals surface area contributed by atoms with Gasteiger partial charge in [0.05, 0.1) is 6.04 Å². The SMILES string of the molecule is O=C(c1cc[nH]c(=O)c1)N1CC[C@]2(C(=O)Nc3ccccc32)[C@@H]1c1ccc(F)cc1. The minimum atomic E-state index is -0.981. The Bertz CT molecular complexity index is 1220. The van der Waals surface area contributed by atoms with Crippen molar-refractivity contribution in [2.24, 2.45) is 0 Å². The van der Waals surface area contributed by atoms with Crippen LogP contribution in [0.25, 0.3) is 0 Å². The molecular weight excluding hydrogens is 385 g/mol. The number of hydrogen-bond donors (Lipinski definition) is 2. The number of carbonyl (C=O) groups is 2. The Morgan fingerprint density at radius 3 is 2.60 bits per heavy atom. The second kappa shape index (κ2) is 6.66. The van der Waals surface area contributed by atoms with Gasteiger partial charge in [0, 0.05) is 30.1 Å². The normalized spacial score (nSPS) is 22.2. The topological polar surface area (TPSA) is 82.3 Å². The maximum Gasteiger partial charge on any atom is 0.254 e. The van der Waals surface area contributed by atoms with Crippen LogP contribution in [0.15, 0.2) is 71.7 Å². The van der Waals surface area contributed by atoms with Crippen LogP contribution < -0.4 is 10.9 Å². The van der Waals surface area contributed by atoms with Crippen LogP contribution in [-0.2, 0) is 10.2 Å². The molecule has 1 aromatic heterocycles. The summed E-state index contributed by atoms with van der Waals surface area (Å²) >= 11 is 0. The molecule has 1 fully saturated rings. The Labute approximate surface area is 171 Å². The number of pyridine rings is 1. The molecule has 2 aliphatic heterocycles. The second-order valence-electron chi connectivity index (χ2n) is 7.62. The Kier molecular flexibility index (Phi) is 4.06. The Morgan fingerprint density at radius 2 is 1.83 bits per heavy atom. The van der Waals surface area contributed by atoms with Gasteiger partial charge in [-0.3, -0.25) is 14.4 Å². The van der Waals surface area contributed by atoms with Crippen molar-refractivity contribution in [3.63, 3.8) is 0 Å². The molecule has 0 aliphatic carbocycles. The lowest BCUT2D eigenvalue weighted by Gasteiger charge is -2.34. The molecule has 5 rings (SSSR count). The van der Waals surface area contributed by atoms with Gasteiger partial charge in [-0.15, -0.1) is 0 Å². The zero-order valence-corrected chi connectivity index (χ0v) is 15.9. The first kappa shape index (κ1) is 18.3. The van der Waals surface area contributed by atoms with Crippen molar-refractivity contribution in [2.45, 2.75) is 17.9 Å². The average Bonchev–Trinajstić information content (AvgIpc) is 3.28. The third-order valence-corrected chi connectivity index (χ3v) is 6.06. The van der Waals surface area contributed by atoms with E-state index in [0.717, 1.165) is 11.3 Å². The molecule has 0 saturated carbocycles. The maximum absolute atomic E-state index is 13.6. The lowest BCUT2D eigenvalue weighted by Crippen LogP contribution is -2.42. The van der Waals surface area contributed by atoms with Gasteiger partial charge in [-0.2, -0.15) is 0 Å². The van der Waals surface area contributed by atoms with Crippen molar-refractivity contribution in [1.82, 2.24) is 9.88 Å². The number of nitrogens with zero attached hydrogens (tertiary/aromatic N) is 1. The summed E-state index contributed by atoms with van der Waals surface area (Å²) in [6, 6.07) is 15.5. The van der Waals surface area contributed by atoms with Crippen LogP contribution in [-0.4, -0.2) is 28.2 Å². The number of benzene rings is 2. The number of fused-ring (bicyclic) bond motifs is 2. The zero-order valence-electron chi connectivity index (χ0n) is 15.9. The number of H-pyrrole nitrogens is 1. The average molecular weight is 403 g/mol. The number of nitrogens with one attached hydrogen (secondary N) is 2. The van der Waals surface area contributed by atoms with Gasteiger partial charge in [0.25, 0.3) is 5.91 Å². The van der Waals surface area contributed by atoms with Crippen molar-refractivity contribution in [1.29, 1.82) is 0 Å². The molecule has 6 nitrogen and oxygen atoms in total. The largest absolute Gasteiger partial charge is 0.330 e. The van der Waals surface area contributed by atoms with Crippen molar-refractivity contribution in [3.05, 3.63) is 99.7 Å². The Morgan fingerprint density at radius 1 is 1.07 bits per heavy atom. The number of hydrogen-bond acceptors (Lipinski definition) is 3. The van der Waals surface area contributed by atoms with Gasteiger partial charge in [-0.1, -0.05) is 30.3 Å². The molecule has 150 valence electrons. The minimum Gasteiger partial charge on any atom is -0.330 e. The summed E-state index contributed by atoms with van der Waals surface area (Å²) in [5, 5.41) is 2.94. The van der Waals surface area contributed by atoms with Crippen molar-refractivity contribution < 1.29 is 14.0 Å². The molecule has 7 heteroatoms. The van der Waals surface area contributed by atoms with E-state index in [4.69, 9.17) is 0 Å². The summed E-state index contributed by atoms with van der Waals surface area (Å²) in [6.07, 6.45) is 1.85. The van der Waals surface area contributed by atoms with Gasteiger partial charge >= 0.3 is 0 Å². The summed E-state index contributed by atoms with van der Waals surface area (Å²) in [7, 11) is 0. The van der Waals surface area contributed by atoms with Crippen LogP contribution in [0, 0.1) is 5.82 Å². The summed E-state index contributed by atoms with van der Waals surface area (Å²) in [4.78, 5) is 42.5. The quantitative estimate of drug-likeness (QED) is 0.690. The van der Waals surface area contributed by atoms with E-state index in [1.165, 1.54) is 24.4 Å². The van der Waals surface area contributed by atoms with E-state index in [1.807, 2.05) is 24.3 Å². The molecule has 2 aromatic carbocycles. The first-order chi connectivity index (χ1) is 14.5. The van der Waals surface area contributed by atoms with Gasteiger partial charge < -0.3 is 15.2 Å². The molecule has 3 heterocycles. The molecule has 2 atom stereocenters. The summed E-state index contributed by atoms with van der Waals surface area (Å²) in [5.41, 5.74) is 1.10. The highest BCUT2D eigenvalue weighted by Gasteiger charge is 2.59. The van der Waals surface area contributed by atoms with Gasteiger partial charge in [-0.05, 0) is 41.8 Å². The molecule has 2 aliphatic rings. The zero-order chi connectivity index (χ0) is 20.9. The van der Waals surface area contributed by atoms with E-state index in [2.05, 4.69) is 10.3 Å². The molecule has 1 saturated heterocycles. The van der Waals surface area contributed by atoms with Gasteiger partial charge in [0.1, 0.15) is 11.2 Å². The number of anilines is 1. The molecule has 0 unspecified atom stereocenters. The van der Waals surface area contributed by atoms with E-state index in [1.54, 1.807) is 23.1 Å². The highest BCUT2D eigenvalue weighted by Crippen LogP contribution is 2.54. The monoisotopic (exact) mass is 403 g/mol. The lowest BCUT2D eigenvalue weighted by atomic mass is 9.72. The first-order valence-electron chi connectivity index (χ1n) is 9.67. The number of halogens is 1. The number of para-hydroxylation sites is 1.